The number of carboxylic acid groups (broad SMARTS) is 1. The van der Waals surface area contributed by atoms with Gasteiger partial charge in [0, 0.05) is 0 Å². The lowest BCUT2D eigenvalue weighted by Crippen LogP contribution is -2.30. The summed E-state index contributed by atoms with van der Waals surface area (Å²) in [5.41, 5.74) is 0.631. The number of rotatable bonds is 3. The lowest BCUT2D eigenvalue weighted by molar-refractivity contribution is -0.148. The highest BCUT2D eigenvalue weighted by Gasteiger charge is 2.41. The van der Waals surface area contributed by atoms with Gasteiger partial charge in [-0.3, -0.25) is 4.79 Å². The molecule has 2 nitrogen and oxygen atoms in total. The Balaban J connectivity index is 2.03. The Bertz CT molecular complexity index is 604. The van der Waals surface area contributed by atoms with E-state index in [0.29, 0.717) is 6.42 Å². The first kappa shape index (κ1) is 12.2. The molecule has 1 fully saturated rings. The highest BCUT2D eigenvalue weighted by molar-refractivity contribution is 5.86. The molecule has 0 aliphatic heterocycles. The lowest BCUT2D eigenvalue weighted by Gasteiger charge is -2.24. The first-order valence-electron chi connectivity index (χ1n) is 6.91. The van der Waals surface area contributed by atoms with Crippen molar-refractivity contribution in [2.45, 2.75) is 32.1 Å². The summed E-state index contributed by atoms with van der Waals surface area (Å²) in [6.07, 6.45) is 4.36. The van der Waals surface area contributed by atoms with Crippen molar-refractivity contribution < 1.29 is 9.90 Å². The Labute approximate surface area is 113 Å². The van der Waals surface area contributed by atoms with Crippen LogP contribution in [0.3, 0.4) is 0 Å². The van der Waals surface area contributed by atoms with E-state index in [9.17, 15) is 9.90 Å². The van der Waals surface area contributed by atoms with Crippen molar-refractivity contribution in [2.24, 2.45) is 5.41 Å². The van der Waals surface area contributed by atoms with Crippen molar-refractivity contribution in [2.75, 3.05) is 0 Å². The van der Waals surface area contributed by atoms with Gasteiger partial charge >= 0.3 is 5.97 Å². The predicted molar refractivity (Wildman–Crippen MR) is 76.2 cm³/mol. The van der Waals surface area contributed by atoms with Crippen molar-refractivity contribution in [3.63, 3.8) is 0 Å². The zero-order chi connectivity index (χ0) is 13.3. The Hall–Kier alpha value is -1.83. The Morgan fingerprint density at radius 3 is 2.47 bits per heavy atom. The normalized spacial score (nSPS) is 17.7. The van der Waals surface area contributed by atoms with E-state index in [1.165, 1.54) is 16.3 Å². The number of hydrogen-bond donors (Lipinski definition) is 1. The first-order valence-corrected chi connectivity index (χ1v) is 6.91. The fourth-order valence-electron chi connectivity index (χ4n) is 3.33. The molecule has 0 spiro atoms. The third-order valence-electron chi connectivity index (χ3n) is 4.42. The number of hydrogen-bond acceptors (Lipinski definition) is 1. The Morgan fingerprint density at radius 2 is 1.74 bits per heavy atom. The average molecular weight is 254 g/mol. The molecule has 0 heterocycles. The molecule has 0 saturated heterocycles. The van der Waals surface area contributed by atoms with Gasteiger partial charge in [0.25, 0.3) is 0 Å². The van der Waals surface area contributed by atoms with Crippen LogP contribution in [-0.2, 0) is 11.2 Å². The van der Waals surface area contributed by atoms with Crippen LogP contribution in [0.5, 0.6) is 0 Å². The second-order valence-electron chi connectivity index (χ2n) is 5.61. The van der Waals surface area contributed by atoms with Crippen LogP contribution in [0.1, 0.15) is 31.2 Å². The molecule has 1 aliphatic rings. The standard InChI is InChI=1S/C17H18O2/c18-16(19)17(10-3-4-11-17)12-14-8-5-7-13-6-1-2-9-15(13)14/h1-2,5-9H,3-4,10-12H2,(H,18,19). The molecule has 1 aliphatic carbocycles. The number of carbonyl (C=O) groups is 1. The summed E-state index contributed by atoms with van der Waals surface area (Å²) >= 11 is 0. The summed E-state index contributed by atoms with van der Waals surface area (Å²) in [5, 5.41) is 12.0. The molecule has 2 aromatic rings. The van der Waals surface area contributed by atoms with Crippen LogP contribution in [-0.4, -0.2) is 11.1 Å². The van der Waals surface area contributed by atoms with Gasteiger partial charge in [0.1, 0.15) is 0 Å². The van der Waals surface area contributed by atoms with E-state index in [2.05, 4.69) is 24.3 Å². The minimum atomic E-state index is -0.627. The van der Waals surface area contributed by atoms with Gasteiger partial charge in [0.15, 0.2) is 0 Å². The third-order valence-corrected chi connectivity index (χ3v) is 4.42. The van der Waals surface area contributed by atoms with Gasteiger partial charge in [-0.15, -0.1) is 0 Å². The van der Waals surface area contributed by atoms with E-state index < -0.39 is 11.4 Å². The average Bonchev–Trinajstić information content (AvgIpc) is 2.89. The number of aliphatic carboxylic acids is 1. The van der Waals surface area contributed by atoms with Gasteiger partial charge in [-0.25, -0.2) is 0 Å². The molecule has 2 aromatic carbocycles. The van der Waals surface area contributed by atoms with Crippen LogP contribution in [0.15, 0.2) is 42.5 Å². The van der Waals surface area contributed by atoms with Crippen LogP contribution in [0.25, 0.3) is 10.8 Å². The SMILES string of the molecule is O=C(O)C1(Cc2cccc3ccccc23)CCCC1. The Kier molecular flexibility index (Phi) is 3.02. The van der Waals surface area contributed by atoms with Crippen molar-refractivity contribution >= 4 is 16.7 Å². The molecule has 0 amide bonds. The van der Waals surface area contributed by atoms with E-state index in [1.807, 2.05) is 18.2 Å². The van der Waals surface area contributed by atoms with Gasteiger partial charge in [0.2, 0.25) is 0 Å². The zero-order valence-electron chi connectivity index (χ0n) is 10.9. The maximum atomic E-state index is 11.7. The monoisotopic (exact) mass is 254 g/mol. The van der Waals surface area contributed by atoms with Gasteiger partial charge in [-0.2, -0.15) is 0 Å². The summed E-state index contributed by atoms with van der Waals surface area (Å²) in [6.45, 7) is 0. The van der Waals surface area contributed by atoms with Crippen LogP contribution in [0, 0.1) is 5.41 Å². The lowest BCUT2D eigenvalue weighted by atomic mass is 9.79. The molecule has 98 valence electrons. The molecule has 0 radical (unpaired) electrons. The minimum Gasteiger partial charge on any atom is -0.481 e. The molecular formula is C17H18O2. The molecule has 3 rings (SSSR count). The van der Waals surface area contributed by atoms with Crippen molar-refractivity contribution in [3.05, 3.63) is 48.0 Å². The molecule has 0 bridgehead atoms. The summed E-state index contributed by atoms with van der Waals surface area (Å²) in [6, 6.07) is 14.4. The second kappa shape index (κ2) is 4.69. The first-order chi connectivity index (χ1) is 9.21. The number of carboxylic acids is 1. The maximum absolute atomic E-state index is 11.7. The molecule has 1 saturated carbocycles. The molecule has 0 unspecified atom stereocenters. The van der Waals surface area contributed by atoms with E-state index in [-0.39, 0.29) is 0 Å². The van der Waals surface area contributed by atoms with Crippen molar-refractivity contribution in [3.8, 4) is 0 Å². The molecule has 0 atom stereocenters. The molecule has 19 heavy (non-hydrogen) atoms. The van der Waals surface area contributed by atoms with Crippen molar-refractivity contribution in [1.29, 1.82) is 0 Å². The topological polar surface area (TPSA) is 37.3 Å². The quantitative estimate of drug-likeness (QED) is 0.898. The maximum Gasteiger partial charge on any atom is 0.309 e. The fourth-order valence-corrected chi connectivity index (χ4v) is 3.33. The molecule has 2 heteroatoms. The molecular weight excluding hydrogens is 236 g/mol. The van der Waals surface area contributed by atoms with Crippen LogP contribution in [0.2, 0.25) is 0 Å². The van der Waals surface area contributed by atoms with Gasteiger partial charge in [0.05, 0.1) is 5.41 Å². The fraction of sp³-hybridized carbons (Fsp3) is 0.353. The van der Waals surface area contributed by atoms with Gasteiger partial charge < -0.3 is 5.11 Å². The van der Waals surface area contributed by atoms with Crippen LogP contribution >= 0.6 is 0 Å². The largest absolute Gasteiger partial charge is 0.481 e. The smallest absolute Gasteiger partial charge is 0.309 e. The minimum absolute atomic E-state index is 0.538. The highest BCUT2D eigenvalue weighted by atomic mass is 16.4. The number of benzene rings is 2. The predicted octanol–water partition coefficient (Wildman–Crippen LogP) is 4.03. The molecule has 0 aromatic heterocycles. The van der Waals surface area contributed by atoms with E-state index in [0.717, 1.165) is 25.7 Å². The third kappa shape index (κ3) is 2.12. The summed E-state index contributed by atoms with van der Waals surface area (Å²) in [4.78, 5) is 11.7. The number of fused-ring (bicyclic) bond motifs is 1. The van der Waals surface area contributed by atoms with Crippen LogP contribution in [0.4, 0.5) is 0 Å². The van der Waals surface area contributed by atoms with E-state index >= 15 is 0 Å². The zero-order valence-corrected chi connectivity index (χ0v) is 10.9. The second-order valence-corrected chi connectivity index (χ2v) is 5.61. The summed E-state index contributed by atoms with van der Waals surface area (Å²) < 4.78 is 0. The van der Waals surface area contributed by atoms with Gasteiger partial charge in [-0.05, 0) is 35.6 Å². The van der Waals surface area contributed by atoms with Gasteiger partial charge in [-0.1, -0.05) is 55.3 Å². The summed E-state index contributed by atoms with van der Waals surface area (Å²) in [7, 11) is 0. The molecule has 1 N–H and O–H groups in total. The van der Waals surface area contributed by atoms with E-state index in [1.54, 1.807) is 0 Å². The highest BCUT2D eigenvalue weighted by Crippen LogP contribution is 2.42. The van der Waals surface area contributed by atoms with Crippen LogP contribution < -0.4 is 0 Å². The van der Waals surface area contributed by atoms with Crippen molar-refractivity contribution in [1.82, 2.24) is 0 Å². The van der Waals surface area contributed by atoms with E-state index in [4.69, 9.17) is 0 Å². The summed E-state index contributed by atoms with van der Waals surface area (Å²) in [5.74, 6) is -0.627. The Morgan fingerprint density at radius 1 is 1.05 bits per heavy atom.